The molecule has 3 nitrogen and oxygen atoms in total. The van der Waals surface area contributed by atoms with E-state index in [1.807, 2.05) is 6.92 Å². The Labute approximate surface area is 203 Å². The molecule has 2 aromatic rings. The van der Waals surface area contributed by atoms with E-state index in [-0.39, 0.29) is 25.4 Å². The highest BCUT2D eigenvalue weighted by Gasteiger charge is 2.44. The molecule has 0 saturated heterocycles. The minimum Gasteiger partial charge on any atom is -0.491 e. The molecule has 11 heteroatoms. The van der Waals surface area contributed by atoms with E-state index in [9.17, 15) is 35.1 Å². The lowest BCUT2D eigenvalue weighted by Crippen LogP contribution is -2.37. The normalized spacial score (nSPS) is 18.7. The van der Waals surface area contributed by atoms with E-state index in [1.165, 1.54) is 6.92 Å². The number of ether oxygens (including phenoxy) is 3. The summed E-state index contributed by atoms with van der Waals surface area (Å²) in [5.41, 5.74) is -0.832. The molecule has 1 aliphatic carbocycles. The molecule has 0 bridgehead atoms. The van der Waals surface area contributed by atoms with Gasteiger partial charge in [0.05, 0.1) is 12.5 Å². The Morgan fingerprint density at radius 1 is 0.750 bits per heavy atom. The first kappa shape index (κ1) is 27.9. The van der Waals surface area contributed by atoms with Crippen molar-refractivity contribution in [3.05, 3.63) is 53.1 Å². The van der Waals surface area contributed by atoms with Crippen LogP contribution < -0.4 is 14.2 Å². The number of hydrogen-bond donors (Lipinski definition) is 0. The fourth-order valence-corrected chi connectivity index (χ4v) is 4.02. The summed E-state index contributed by atoms with van der Waals surface area (Å²) < 4.78 is 129. The molecular formula is C25H26F8O3. The summed E-state index contributed by atoms with van der Waals surface area (Å²) in [5, 5.41) is 0. The molecule has 0 aliphatic heterocycles. The van der Waals surface area contributed by atoms with E-state index < -0.39 is 77.1 Å². The summed E-state index contributed by atoms with van der Waals surface area (Å²) in [4.78, 5) is 0. The van der Waals surface area contributed by atoms with Gasteiger partial charge in [-0.1, -0.05) is 25.8 Å². The van der Waals surface area contributed by atoms with Gasteiger partial charge in [-0.15, -0.1) is 0 Å². The largest absolute Gasteiger partial charge is 0.491 e. The standard InChI is InChI=1S/C25H26F8O3/c1-3-34-17-10-11-18(22(28)21(17)27)35-13-24(30,31)12-15-6-9-19(23(29)20(15)26)36-25(32,33)16-7-4-14(2)5-8-16/h6,9-11,14,16H,3-5,7-8,12-13H2,1-2H3. The fourth-order valence-electron chi connectivity index (χ4n) is 4.02. The maximum absolute atomic E-state index is 14.5. The van der Waals surface area contributed by atoms with Crippen molar-refractivity contribution in [2.75, 3.05) is 13.2 Å². The Bertz CT molecular complexity index is 1050. The van der Waals surface area contributed by atoms with Crippen molar-refractivity contribution in [2.45, 2.75) is 58.0 Å². The molecule has 0 N–H and O–H groups in total. The van der Waals surface area contributed by atoms with Gasteiger partial charge >= 0.3 is 6.11 Å². The summed E-state index contributed by atoms with van der Waals surface area (Å²) in [5.74, 6) is -13.7. The molecule has 0 amide bonds. The molecular weight excluding hydrogens is 500 g/mol. The van der Waals surface area contributed by atoms with E-state index in [4.69, 9.17) is 4.74 Å². The maximum atomic E-state index is 14.5. The van der Waals surface area contributed by atoms with Gasteiger partial charge in [0, 0.05) is 6.42 Å². The smallest absolute Gasteiger partial charge is 0.400 e. The molecule has 200 valence electrons. The van der Waals surface area contributed by atoms with Gasteiger partial charge in [-0.25, -0.2) is 13.2 Å². The minimum absolute atomic E-state index is 0.0398. The third kappa shape index (κ3) is 6.53. The van der Waals surface area contributed by atoms with Crippen molar-refractivity contribution in [1.29, 1.82) is 0 Å². The van der Waals surface area contributed by atoms with Crippen LogP contribution in [-0.4, -0.2) is 25.2 Å². The number of halogens is 8. The highest BCUT2D eigenvalue weighted by molar-refractivity contribution is 5.35. The minimum atomic E-state index is -3.85. The van der Waals surface area contributed by atoms with E-state index in [2.05, 4.69) is 9.47 Å². The van der Waals surface area contributed by atoms with E-state index in [0.717, 1.165) is 12.1 Å². The topological polar surface area (TPSA) is 27.7 Å². The summed E-state index contributed by atoms with van der Waals surface area (Å²) >= 11 is 0. The lowest BCUT2D eigenvalue weighted by molar-refractivity contribution is -0.224. The van der Waals surface area contributed by atoms with Gasteiger partial charge in [0.15, 0.2) is 29.7 Å². The van der Waals surface area contributed by atoms with Crippen LogP contribution in [0.1, 0.15) is 45.1 Å². The molecule has 2 aromatic carbocycles. The lowest BCUT2D eigenvalue weighted by Gasteiger charge is -2.32. The highest BCUT2D eigenvalue weighted by Crippen LogP contribution is 2.41. The van der Waals surface area contributed by atoms with Crippen molar-refractivity contribution in [3.63, 3.8) is 0 Å². The van der Waals surface area contributed by atoms with Crippen LogP contribution in [0.25, 0.3) is 0 Å². The van der Waals surface area contributed by atoms with Gasteiger partial charge < -0.3 is 14.2 Å². The second-order valence-corrected chi connectivity index (χ2v) is 8.92. The third-order valence-electron chi connectivity index (χ3n) is 6.06. The zero-order valence-electron chi connectivity index (χ0n) is 19.7. The first-order chi connectivity index (χ1) is 16.8. The van der Waals surface area contributed by atoms with E-state index >= 15 is 0 Å². The average Bonchev–Trinajstić information content (AvgIpc) is 2.81. The van der Waals surface area contributed by atoms with Crippen LogP contribution in [-0.2, 0) is 6.42 Å². The summed E-state index contributed by atoms with van der Waals surface area (Å²) in [6.07, 6.45) is -3.76. The van der Waals surface area contributed by atoms with Crippen LogP contribution >= 0.6 is 0 Å². The number of benzene rings is 2. The number of hydrogen-bond acceptors (Lipinski definition) is 3. The molecule has 0 heterocycles. The summed E-state index contributed by atoms with van der Waals surface area (Å²) in [6, 6.07) is 3.25. The van der Waals surface area contributed by atoms with Crippen molar-refractivity contribution >= 4 is 0 Å². The van der Waals surface area contributed by atoms with E-state index in [0.29, 0.717) is 25.0 Å². The molecule has 1 aliphatic rings. The molecule has 1 saturated carbocycles. The van der Waals surface area contributed by atoms with Crippen molar-refractivity contribution in [3.8, 4) is 17.2 Å². The molecule has 1 fully saturated rings. The Morgan fingerprint density at radius 3 is 1.86 bits per heavy atom. The zero-order chi connectivity index (χ0) is 26.7. The Balaban J connectivity index is 1.67. The molecule has 3 rings (SSSR count). The van der Waals surface area contributed by atoms with Gasteiger partial charge in [-0.2, -0.15) is 22.0 Å². The Morgan fingerprint density at radius 2 is 1.28 bits per heavy atom. The SMILES string of the molecule is CCOc1ccc(OCC(F)(F)Cc2ccc(OC(F)(F)C3CCC(C)CC3)c(F)c2F)c(F)c1F. The molecule has 0 aromatic heterocycles. The summed E-state index contributed by atoms with van der Waals surface area (Å²) in [6.45, 7) is 2.01. The average molecular weight is 526 g/mol. The molecule has 0 atom stereocenters. The Kier molecular flexibility index (Phi) is 8.61. The van der Waals surface area contributed by atoms with Gasteiger partial charge in [0.25, 0.3) is 5.92 Å². The van der Waals surface area contributed by atoms with E-state index in [1.54, 1.807) is 0 Å². The Hall–Kier alpha value is -2.72. The van der Waals surface area contributed by atoms with Crippen LogP contribution in [0, 0.1) is 35.1 Å². The van der Waals surface area contributed by atoms with Crippen LogP contribution in [0.4, 0.5) is 35.1 Å². The zero-order valence-corrected chi connectivity index (χ0v) is 19.7. The third-order valence-corrected chi connectivity index (χ3v) is 6.06. The lowest BCUT2D eigenvalue weighted by atomic mass is 9.82. The van der Waals surface area contributed by atoms with Crippen LogP contribution in [0.3, 0.4) is 0 Å². The number of rotatable bonds is 10. The monoisotopic (exact) mass is 526 g/mol. The van der Waals surface area contributed by atoms with Crippen molar-refractivity contribution in [1.82, 2.24) is 0 Å². The fraction of sp³-hybridized carbons (Fsp3) is 0.520. The van der Waals surface area contributed by atoms with Crippen LogP contribution in [0.5, 0.6) is 17.2 Å². The van der Waals surface area contributed by atoms with Crippen LogP contribution in [0.2, 0.25) is 0 Å². The second kappa shape index (κ2) is 11.1. The van der Waals surface area contributed by atoms with Gasteiger partial charge in [0.1, 0.15) is 0 Å². The molecule has 36 heavy (non-hydrogen) atoms. The first-order valence-corrected chi connectivity index (χ1v) is 11.5. The van der Waals surface area contributed by atoms with Gasteiger partial charge in [0.2, 0.25) is 17.5 Å². The van der Waals surface area contributed by atoms with Crippen LogP contribution in [0.15, 0.2) is 24.3 Å². The van der Waals surface area contributed by atoms with Gasteiger partial charge in [-0.05, 0) is 49.4 Å². The molecule has 0 unspecified atom stereocenters. The highest BCUT2D eigenvalue weighted by atomic mass is 19.3. The first-order valence-electron chi connectivity index (χ1n) is 11.5. The quantitative estimate of drug-likeness (QED) is 0.297. The second-order valence-electron chi connectivity index (χ2n) is 8.92. The molecule has 0 radical (unpaired) electrons. The van der Waals surface area contributed by atoms with Gasteiger partial charge in [-0.3, -0.25) is 0 Å². The maximum Gasteiger partial charge on any atom is 0.400 e. The predicted octanol–water partition coefficient (Wildman–Crippen LogP) is 7.70. The molecule has 0 spiro atoms. The van der Waals surface area contributed by atoms with Crippen molar-refractivity contribution in [2.24, 2.45) is 11.8 Å². The number of alkyl halides is 4. The summed E-state index contributed by atoms with van der Waals surface area (Å²) in [7, 11) is 0. The van der Waals surface area contributed by atoms with Crippen molar-refractivity contribution < 1.29 is 49.3 Å². The predicted molar refractivity (Wildman–Crippen MR) is 115 cm³/mol.